The van der Waals surface area contributed by atoms with Crippen LogP contribution in [0.2, 0.25) is 0 Å². The monoisotopic (exact) mass is 639 g/mol. The number of nitrogens with zero attached hydrogens (tertiary/aromatic N) is 4. The molecule has 2 saturated carbocycles. The van der Waals surface area contributed by atoms with Gasteiger partial charge in [-0.15, -0.1) is 0 Å². The molecule has 3 aliphatic heterocycles. The van der Waals surface area contributed by atoms with Crippen LogP contribution in [0.25, 0.3) is 28.1 Å². The van der Waals surface area contributed by atoms with E-state index in [0.717, 1.165) is 87.6 Å². The Kier molecular flexibility index (Phi) is 7.07. The molecular weight excluding hydrogens is 593 g/mol. The average Bonchev–Trinajstić information content (AvgIpc) is 3.53. The van der Waals surface area contributed by atoms with E-state index in [4.69, 9.17) is 19.4 Å². The lowest BCUT2D eigenvalue weighted by molar-refractivity contribution is -0.115. The van der Waals surface area contributed by atoms with Crippen LogP contribution in [0.4, 0.5) is 10.2 Å². The van der Waals surface area contributed by atoms with Crippen LogP contribution in [0, 0.1) is 17.2 Å². The first-order valence-corrected chi connectivity index (χ1v) is 17.8. The summed E-state index contributed by atoms with van der Waals surface area (Å²) in [6.07, 6.45) is 12.4. The van der Waals surface area contributed by atoms with Crippen molar-refractivity contribution in [1.29, 1.82) is 0 Å². The molecule has 3 atom stereocenters. The van der Waals surface area contributed by atoms with Crippen molar-refractivity contribution in [2.75, 3.05) is 50.9 Å². The molecule has 6 aliphatic rings. The van der Waals surface area contributed by atoms with Crippen LogP contribution in [0.3, 0.4) is 0 Å². The molecule has 47 heavy (non-hydrogen) atoms. The molecule has 0 amide bonds. The highest BCUT2D eigenvalue weighted by Crippen LogP contribution is 2.50. The predicted molar refractivity (Wildman–Crippen MR) is 182 cm³/mol. The van der Waals surface area contributed by atoms with Crippen molar-refractivity contribution in [3.8, 4) is 22.9 Å². The van der Waals surface area contributed by atoms with Gasteiger partial charge >= 0.3 is 6.01 Å². The number of phenols is 1. The Labute approximate surface area is 276 Å². The molecular formula is C38H46FN5O3. The van der Waals surface area contributed by atoms with Crippen LogP contribution in [0.5, 0.6) is 11.8 Å². The highest BCUT2D eigenvalue weighted by Gasteiger charge is 2.52. The summed E-state index contributed by atoms with van der Waals surface area (Å²) in [7, 11) is 0. The third-order valence-corrected chi connectivity index (χ3v) is 12.1. The molecule has 2 N–H and O–H groups in total. The van der Waals surface area contributed by atoms with E-state index in [2.05, 4.69) is 35.0 Å². The Morgan fingerprint density at radius 2 is 1.89 bits per heavy atom. The number of rotatable bonds is 8. The van der Waals surface area contributed by atoms with Crippen molar-refractivity contribution in [1.82, 2.24) is 20.2 Å². The first-order chi connectivity index (χ1) is 22.8. The summed E-state index contributed by atoms with van der Waals surface area (Å²) in [4.78, 5) is 14.8. The van der Waals surface area contributed by atoms with E-state index in [0.29, 0.717) is 35.6 Å². The third-order valence-electron chi connectivity index (χ3n) is 12.1. The predicted octanol–water partition coefficient (Wildman–Crippen LogP) is 6.26. The molecule has 2 aromatic carbocycles. The minimum Gasteiger partial charge on any atom is -0.508 e. The van der Waals surface area contributed by atoms with Gasteiger partial charge in [0.2, 0.25) is 0 Å². The fourth-order valence-electron chi connectivity index (χ4n) is 9.07. The summed E-state index contributed by atoms with van der Waals surface area (Å²) in [5.74, 6) is 0.977. The molecule has 0 radical (unpaired) electrons. The van der Waals surface area contributed by atoms with E-state index < -0.39 is 5.82 Å². The summed E-state index contributed by atoms with van der Waals surface area (Å²) in [5.41, 5.74) is 3.74. The van der Waals surface area contributed by atoms with Gasteiger partial charge in [0.1, 0.15) is 17.1 Å². The van der Waals surface area contributed by atoms with E-state index in [1.165, 1.54) is 19.3 Å². The SMILES string of the molecule is CC(C)C1C=Cc2cc(O)cc(-c3ccc4c(N5CC6CCC(C5)N6)nc(OCC5(CN6CCOCC67CCC7)CC5)nc4c3F)c21. The molecule has 5 fully saturated rings. The van der Waals surface area contributed by atoms with Gasteiger partial charge in [0.05, 0.1) is 19.8 Å². The Morgan fingerprint density at radius 1 is 1.09 bits per heavy atom. The second-order valence-corrected chi connectivity index (χ2v) is 15.7. The standard InChI is InChI=1S/C38H46FN5O3/c1-23(2)28-7-4-24-16-27(45)17-31(32(24)28)29-8-9-30-34(33(29)39)41-36(42-35(30)43-18-25-5-6-26(19-43)40-25)47-21-37(12-13-37)20-44-14-15-46-22-38(44)10-3-11-38/h4,7-9,16-17,23,25-26,28,40,45H,3,5-6,10-15,18-22H2,1-2H3. The molecule has 3 saturated heterocycles. The number of phenolic OH excluding ortho intramolecular Hbond substituents is 1. The fourth-order valence-corrected chi connectivity index (χ4v) is 9.07. The van der Waals surface area contributed by atoms with Gasteiger partial charge in [-0.2, -0.15) is 9.97 Å². The molecule has 9 heteroatoms. The Hall–Kier alpha value is -3.27. The first kappa shape index (κ1) is 29.8. The van der Waals surface area contributed by atoms with Crippen molar-refractivity contribution in [2.45, 2.75) is 82.3 Å². The van der Waals surface area contributed by atoms with Crippen molar-refractivity contribution in [3.63, 3.8) is 0 Å². The molecule has 3 aromatic rings. The van der Waals surface area contributed by atoms with Gasteiger partial charge in [-0.1, -0.05) is 32.1 Å². The fraction of sp³-hybridized carbons (Fsp3) is 0.579. The van der Waals surface area contributed by atoms with E-state index in [9.17, 15) is 5.11 Å². The van der Waals surface area contributed by atoms with E-state index in [1.807, 2.05) is 18.2 Å². The number of aromatic nitrogens is 2. The molecule has 3 unspecified atom stereocenters. The van der Waals surface area contributed by atoms with E-state index in [1.54, 1.807) is 12.1 Å². The maximum Gasteiger partial charge on any atom is 0.319 e. The highest BCUT2D eigenvalue weighted by molar-refractivity contribution is 5.94. The number of aromatic hydroxyl groups is 1. The summed E-state index contributed by atoms with van der Waals surface area (Å²) < 4.78 is 29.4. The van der Waals surface area contributed by atoms with Crippen LogP contribution < -0.4 is 15.0 Å². The lowest BCUT2D eigenvalue weighted by Gasteiger charge is -2.53. The van der Waals surface area contributed by atoms with Crippen LogP contribution in [0.15, 0.2) is 30.3 Å². The van der Waals surface area contributed by atoms with Gasteiger partial charge in [0.15, 0.2) is 5.82 Å². The van der Waals surface area contributed by atoms with Gasteiger partial charge in [-0.25, -0.2) is 4.39 Å². The molecule has 3 aliphatic carbocycles. The molecule has 1 aromatic heterocycles. The van der Waals surface area contributed by atoms with Gasteiger partial charge in [-0.3, -0.25) is 4.90 Å². The maximum atomic E-state index is 17.0. The number of benzene rings is 2. The van der Waals surface area contributed by atoms with Crippen molar-refractivity contribution < 1.29 is 19.0 Å². The summed E-state index contributed by atoms with van der Waals surface area (Å²) in [6.45, 7) is 10.2. The Morgan fingerprint density at radius 3 is 2.62 bits per heavy atom. The van der Waals surface area contributed by atoms with Crippen LogP contribution in [0.1, 0.15) is 75.8 Å². The van der Waals surface area contributed by atoms with E-state index in [-0.39, 0.29) is 34.1 Å². The number of piperazine rings is 1. The van der Waals surface area contributed by atoms with Crippen molar-refractivity contribution >= 4 is 22.8 Å². The first-order valence-electron chi connectivity index (χ1n) is 17.8. The van der Waals surface area contributed by atoms with Crippen LogP contribution in [-0.4, -0.2) is 83.6 Å². The number of halogens is 1. The minimum atomic E-state index is -0.391. The average molecular weight is 640 g/mol. The second kappa shape index (κ2) is 11.1. The number of hydrogen-bond acceptors (Lipinski definition) is 8. The van der Waals surface area contributed by atoms with Crippen LogP contribution in [-0.2, 0) is 4.74 Å². The molecule has 248 valence electrons. The lowest BCUT2D eigenvalue weighted by Crippen LogP contribution is -2.62. The molecule has 2 bridgehead atoms. The van der Waals surface area contributed by atoms with E-state index >= 15 is 4.39 Å². The highest BCUT2D eigenvalue weighted by atomic mass is 19.1. The number of ether oxygens (including phenoxy) is 2. The zero-order valence-electron chi connectivity index (χ0n) is 27.6. The van der Waals surface area contributed by atoms with Crippen molar-refractivity contribution in [3.05, 3.63) is 47.3 Å². The van der Waals surface area contributed by atoms with Gasteiger partial charge in [0.25, 0.3) is 0 Å². The van der Waals surface area contributed by atoms with Gasteiger partial charge in [-0.05, 0) is 85.8 Å². The van der Waals surface area contributed by atoms with Gasteiger partial charge < -0.3 is 24.8 Å². The summed E-state index contributed by atoms with van der Waals surface area (Å²) in [5, 5.41) is 15.1. The molecule has 4 heterocycles. The number of fused-ring (bicyclic) bond motifs is 4. The zero-order valence-corrected chi connectivity index (χ0v) is 27.6. The second-order valence-electron chi connectivity index (χ2n) is 15.7. The molecule has 9 rings (SSSR count). The van der Waals surface area contributed by atoms with Crippen molar-refractivity contribution in [2.24, 2.45) is 11.3 Å². The quantitative estimate of drug-likeness (QED) is 0.299. The molecule has 8 nitrogen and oxygen atoms in total. The van der Waals surface area contributed by atoms with Crippen LogP contribution >= 0.6 is 0 Å². The Bertz CT molecular complexity index is 1740. The normalized spacial score (nSPS) is 27.1. The topological polar surface area (TPSA) is 83.0 Å². The summed E-state index contributed by atoms with van der Waals surface area (Å²) in [6, 6.07) is 8.37. The molecule has 1 spiro atoms. The van der Waals surface area contributed by atoms with Gasteiger partial charge in [0, 0.05) is 66.1 Å². The Balaban J connectivity index is 1.08. The number of morpholine rings is 1. The lowest BCUT2D eigenvalue weighted by atomic mass is 9.74. The smallest absolute Gasteiger partial charge is 0.319 e. The summed E-state index contributed by atoms with van der Waals surface area (Å²) >= 11 is 0. The zero-order chi connectivity index (χ0) is 31.9. The maximum absolute atomic E-state index is 17.0. The number of anilines is 1. The number of allylic oxidation sites excluding steroid dienone is 1. The third kappa shape index (κ3) is 5.11. The largest absolute Gasteiger partial charge is 0.508 e. The number of nitrogens with one attached hydrogen (secondary N) is 1. The minimum absolute atomic E-state index is 0.0773. The number of hydrogen-bond donors (Lipinski definition) is 2.